The molecular formula is C16H16F3NO4S. The lowest BCUT2D eigenvalue weighted by Crippen LogP contribution is -2.24. The number of hydrogen-bond acceptors (Lipinski definition) is 5. The van der Waals surface area contributed by atoms with E-state index in [1.54, 1.807) is 23.6 Å². The van der Waals surface area contributed by atoms with Crippen molar-refractivity contribution in [2.45, 2.75) is 25.1 Å². The van der Waals surface area contributed by atoms with E-state index in [9.17, 15) is 18.0 Å². The molecule has 2 heterocycles. The number of halogens is 3. The summed E-state index contributed by atoms with van der Waals surface area (Å²) in [5, 5.41) is 11.7. The summed E-state index contributed by atoms with van der Waals surface area (Å²) in [5.41, 5.74) is 0.685. The van der Waals surface area contributed by atoms with Gasteiger partial charge in [-0.15, -0.1) is 11.3 Å². The highest BCUT2D eigenvalue weighted by Gasteiger charge is 2.33. The molecule has 9 heteroatoms. The number of rotatable bonds is 6. The Balaban J connectivity index is 1.68. The van der Waals surface area contributed by atoms with Crippen molar-refractivity contribution in [3.8, 4) is 5.75 Å². The number of aliphatic hydroxyl groups is 1. The number of thiophene rings is 1. The first-order chi connectivity index (χ1) is 11.9. The fourth-order valence-electron chi connectivity index (χ4n) is 2.57. The first-order valence-electron chi connectivity index (χ1n) is 7.67. The third-order valence-corrected chi connectivity index (χ3v) is 4.70. The van der Waals surface area contributed by atoms with Crippen LogP contribution in [0.15, 0.2) is 23.6 Å². The van der Waals surface area contributed by atoms with Gasteiger partial charge < -0.3 is 14.6 Å². The Labute approximate surface area is 145 Å². The molecule has 1 aliphatic rings. The number of carbonyl (C=O) groups is 1. The van der Waals surface area contributed by atoms with Gasteiger partial charge in [-0.2, -0.15) is 13.2 Å². The molecule has 1 aromatic heterocycles. The molecule has 1 fully saturated rings. The highest BCUT2D eigenvalue weighted by molar-refractivity contribution is 7.17. The molecule has 5 nitrogen and oxygen atoms in total. The normalized spacial score (nSPS) is 18.0. The number of amides is 1. The molecule has 1 N–H and O–H groups in total. The number of hydrogen-bond donors (Lipinski definition) is 1. The van der Waals surface area contributed by atoms with Crippen molar-refractivity contribution in [2.75, 3.05) is 24.7 Å². The van der Waals surface area contributed by atoms with Gasteiger partial charge in [0.1, 0.15) is 11.9 Å². The summed E-state index contributed by atoms with van der Waals surface area (Å²) in [7, 11) is 0. The first kappa shape index (κ1) is 17.8. The summed E-state index contributed by atoms with van der Waals surface area (Å²) in [5.74, 6) is 0.486. The minimum Gasteiger partial charge on any atom is -0.494 e. The van der Waals surface area contributed by atoms with Gasteiger partial charge in [-0.1, -0.05) is 0 Å². The molecule has 1 atom stereocenters. The summed E-state index contributed by atoms with van der Waals surface area (Å²) in [6, 6.07) is 5.17. The maximum Gasteiger partial charge on any atom is 0.414 e. The van der Waals surface area contributed by atoms with E-state index in [-0.39, 0.29) is 26.2 Å². The van der Waals surface area contributed by atoms with E-state index in [1.807, 2.05) is 0 Å². The van der Waals surface area contributed by atoms with Gasteiger partial charge in [0.05, 0.1) is 25.4 Å². The lowest BCUT2D eigenvalue weighted by molar-refractivity contribution is -0.136. The molecular weight excluding hydrogens is 359 g/mol. The number of anilines is 1. The van der Waals surface area contributed by atoms with Crippen LogP contribution in [-0.4, -0.2) is 43.2 Å². The Morgan fingerprint density at radius 3 is 2.88 bits per heavy atom. The second kappa shape index (κ2) is 7.09. The highest BCUT2D eigenvalue weighted by Crippen LogP contribution is 2.37. The van der Waals surface area contributed by atoms with Gasteiger partial charge in [-0.3, -0.25) is 4.90 Å². The van der Waals surface area contributed by atoms with Crippen LogP contribution in [0.1, 0.15) is 12.8 Å². The molecule has 0 aliphatic carbocycles. The summed E-state index contributed by atoms with van der Waals surface area (Å²) in [4.78, 5) is 13.4. The van der Waals surface area contributed by atoms with Crippen molar-refractivity contribution in [1.82, 2.24) is 0 Å². The highest BCUT2D eigenvalue weighted by atomic mass is 32.1. The number of aliphatic hydroxyl groups excluding tert-OH is 1. The zero-order chi connectivity index (χ0) is 18.0. The predicted molar refractivity (Wildman–Crippen MR) is 87.3 cm³/mol. The van der Waals surface area contributed by atoms with Crippen molar-refractivity contribution in [1.29, 1.82) is 0 Å². The first-order valence-corrected chi connectivity index (χ1v) is 8.55. The molecule has 25 heavy (non-hydrogen) atoms. The minimum atomic E-state index is -4.17. The van der Waals surface area contributed by atoms with Crippen LogP contribution in [-0.2, 0) is 4.74 Å². The van der Waals surface area contributed by atoms with Gasteiger partial charge in [0.2, 0.25) is 0 Å². The molecule has 1 aromatic carbocycles. The number of benzene rings is 1. The van der Waals surface area contributed by atoms with E-state index < -0.39 is 24.8 Å². The third-order valence-electron chi connectivity index (χ3n) is 3.77. The second-order valence-corrected chi connectivity index (χ2v) is 6.56. The van der Waals surface area contributed by atoms with E-state index >= 15 is 0 Å². The molecule has 1 unspecified atom stereocenters. The SMILES string of the molecule is O=C1OC(CO)CN1c1csc2cc(OCCCC(F)(F)F)ccc12. The zero-order valence-corrected chi connectivity index (χ0v) is 13.9. The van der Waals surface area contributed by atoms with Crippen LogP contribution in [0.25, 0.3) is 10.1 Å². The molecule has 136 valence electrons. The van der Waals surface area contributed by atoms with Crippen molar-refractivity contribution in [2.24, 2.45) is 0 Å². The van der Waals surface area contributed by atoms with Crippen molar-refractivity contribution >= 4 is 33.2 Å². The molecule has 0 radical (unpaired) electrons. The number of nitrogens with zero attached hydrogens (tertiary/aromatic N) is 1. The van der Waals surface area contributed by atoms with Crippen molar-refractivity contribution in [3.63, 3.8) is 0 Å². The lowest BCUT2D eigenvalue weighted by Gasteiger charge is -2.12. The van der Waals surface area contributed by atoms with Crippen LogP contribution < -0.4 is 9.64 Å². The minimum absolute atomic E-state index is 0.0140. The van der Waals surface area contributed by atoms with E-state index in [0.29, 0.717) is 11.4 Å². The number of cyclic esters (lactones) is 1. The topological polar surface area (TPSA) is 59.0 Å². The van der Waals surface area contributed by atoms with Gasteiger partial charge >= 0.3 is 12.3 Å². The Morgan fingerprint density at radius 2 is 2.20 bits per heavy atom. The summed E-state index contributed by atoms with van der Waals surface area (Å²) >= 11 is 1.40. The van der Waals surface area contributed by atoms with Crippen LogP contribution in [0.5, 0.6) is 5.75 Å². The average molecular weight is 375 g/mol. The molecule has 0 spiro atoms. The summed E-state index contributed by atoms with van der Waals surface area (Å²) < 4.78 is 47.6. The maximum absolute atomic E-state index is 12.1. The van der Waals surface area contributed by atoms with Gasteiger partial charge in [-0.05, 0) is 24.6 Å². The Morgan fingerprint density at radius 1 is 1.40 bits per heavy atom. The largest absolute Gasteiger partial charge is 0.494 e. The van der Waals surface area contributed by atoms with Gasteiger partial charge in [0, 0.05) is 21.9 Å². The molecule has 0 saturated carbocycles. The average Bonchev–Trinajstić information content (AvgIpc) is 3.13. The molecule has 3 rings (SSSR count). The molecule has 1 aliphatic heterocycles. The summed E-state index contributed by atoms with van der Waals surface area (Å²) in [6.45, 7) is 0.0248. The zero-order valence-electron chi connectivity index (χ0n) is 13.1. The fraction of sp³-hybridized carbons (Fsp3) is 0.438. The maximum atomic E-state index is 12.1. The smallest absolute Gasteiger partial charge is 0.414 e. The van der Waals surface area contributed by atoms with Crippen molar-refractivity contribution < 1.29 is 32.5 Å². The van der Waals surface area contributed by atoms with E-state index in [1.165, 1.54) is 16.2 Å². The number of alkyl halides is 3. The van der Waals surface area contributed by atoms with E-state index in [0.717, 1.165) is 10.1 Å². The standard InChI is InChI=1S/C16H16F3NO4S/c17-16(18,19)4-1-5-23-10-2-3-12-13(9-25-14(12)6-10)20-7-11(8-21)24-15(20)22/h2-3,6,9,11,21H,1,4-5,7-8H2. The number of fused-ring (bicyclic) bond motifs is 1. The molecule has 1 saturated heterocycles. The van der Waals surface area contributed by atoms with Crippen LogP contribution in [0.3, 0.4) is 0 Å². The monoisotopic (exact) mass is 375 g/mol. The molecule has 1 amide bonds. The van der Waals surface area contributed by atoms with Crippen molar-refractivity contribution in [3.05, 3.63) is 23.6 Å². The van der Waals surface area contributed by atoms with Crippen LogP contribution in [0.2, 0.25) is 0 Å². The second-order valence-electron chi connectivity index (χ2n) is 5.65. The van der Waals surface area contributed by atoms with Crippen LogP contribution >= 0.6 is 11.3 Å². The Hall–Kier alpha value is -2.00. The fourth-order valence-corrected chi connectivity index (χ4v) is 3.55. The predicted octanol–water partition coefficient (Wildman–Crippen LogP) is 3.94. The quantitative estimate of drug-likeness (QED) is 0.777. The third kappa shape index (κ3) is 4.16. The Kier molecular flexibility index (Phi) is 5.05. The van der Waals surface area contributed by atoms with Gasteiger partial charge in [0.25, 0.3) is 0 Å². The van der Waals surface area contributed by atoms with Gasteiger partial charge in [0.15, 0.2) is 0 Å². The van der Waals surface area contributed by atoms with Crippen LogP contribution in [0, 0.1) is 0 Å². The van der Waals surface area contributed by atoms with E-state index in [2.05, 4.69) is 0 Å². The number of carbonyl (C=O) groups excluding carboxylic acids is 1. The summed E-state index contributed by atoms with van der Waals surface area (Å²) in [6.07, 6.45) is -6.20. The van der Waals surface area contributed by atoms with Gasteiger partial charge in [-0.25, -0.2) is 4.79 Å². The molecule has 0 bridgehead atoms. The Bertz CT molecular complexity index is 761. The van der Waals surface area contributed by atoms with E-state index in [4.69, 9.17) is 14.6 Å². The molecule has 2 aromatic rings. The lowest BCUT2D eigenvalue weighted by atomic mass is 10.2. The number of ether oxygens (including phenoxy) is 2. The van der Waals surface area contributed by atoms with Crippen LogP contribution in [0.4, 0.5) is 23.7 Å².